The van der Waals surface area contributed by atoms with Crippen LogP contribution in [0.1, 0.15) is 26.3 Å². The highest BCUT2D eigenvalue weighted by Gasteiger charge is 2.15. The number of rotatable bonds is 6. The highest BCUT2D eigenvalue weighted by atomic mass is 16.5. The van der Waals surface area contributed by atoms with Gasteiger partial charge in [0.25, 0.3) is 5.91 Å². The van der Waals surface area contributed by atoms with Crippen LogP contribution in [0, 0.1) is 0 Å². The Bertz CT molecular complexity index is 772. The smallest absolute Gasteiger partial charge is 0.271 e. The van der Waals surface area contributed by atoms with Crippen LogP contribution in [0.15, 0.2) is 47.6 Å². The first-order valence-electron chi connectivity index (χ1n) is 6.93. The number of carboxylic acid groups (broad SMARTS) is 1. The van der Waals surface area contributed by atoms with Crippen LogP contribution >= 0.6 is 0 Å². The summed E-state index contributed by atoms with van der Waals surface area (Å²) in [5, 5.41) is 15.2. The van der Waals surface area contributed by atoms with E-state index in [4.69, 9.17) is 9.47 Å². The Balaban J connectivity index is 2.26. The summed E-state index contributed by atoms with van der Waals surface area (Å²) in [6.07, 6.45) is 1.20. The molecule has 0 saturated heterocycles. The summed E-state index contributed by atoms with van der Waals surface area (Å²) < 4.78 is 10.1. The lowest BCUT2D eigenvalue weighted by atomic mass is 10.1. The van der Waals surface area contributed by atoms with Gasteiger partial charge in [0.05, 0.1) is 32.0 Å². The average Bonchev–Trinajstić information content (AvgIpc) is 2.61. The van der Waals surface area contributed by atoms with Crippen molar-refractivity contribution in [2.24, 2.45) is 5.10 Å². The second-order valence-corrected chi connectivity index (χ2v) is 4.62. The second kappa shape index (κ2) is 7.77. The molecular formula is C17H15N2O5-. The van der Waals surface area contributed by atoms with Crippen LogP contribution in [-0.2, 0) is 0 Å². The zero-order valence-electron chi connectivity index (χ0n) is 13.1. The van der Waals surface area contributed by atoms with E-state index in [1.54, 1.807) is 30.3 Å². The Kier molecular flexibility index (Phi) is 5.51. The molecule has 124 valence electrons. The molecule has 0 aliphatic heterocycles. The number of carbonyl (C=O) groups is 2. The normalized spacial score (nSPS) is 10.4. The zero-order valence-corrected chi connectivity index (χ0v) is 13.1. The lowest BCUT2D eigenvalue weighted by Gasteiger charge is -2.15. The van der Waals surface area contributed by atoms with E-state index in [1.165, 1.54) is 32.6 Å². The predicted molar refractivity (Wildman–Crippen MR) is 85.4 cm³/mol. The number of hydrogen-bond acceptors (Lipinski definition) is 6. The molecule has 2 rings (SSSR count). The number of amides is 1. The van der Waals surface area contributed by atoms with Gasteiger partial charge in [-0.25, -0.2) is 5.43 Å². The van der Waals surface area contributed by atoms with E-state index in [2.05, 4.69) is 10.5 Å². The summed E-state index contributed by atoms with van der Waals surface area (Å²) in [7, 11) is 2.72. The minimum Gasteiger partial charge on any atom is -0.545 e. The standard InChI is InChI=1S/C17H16N2O5/c1-23-13-9-8-12(14(17(21)22)15(13)24-2)10-18-19-16(20)11-6-4-3-5-7-11/h3-10H,1-2H3,(H,19,20)(H,21,22)/p-1/b18-10-. The Morgan fingerprint density at radius 1 is 1.08 bits per heavy atom. The van der Waals surface area contributed by atoms with E-state index >= 15 is 0 Å². The van der Waals surface area contributed by atoms with Crippen LogP contribution in [0.5, 0.6) is 11.5 Å². The topological polar surface area (TPSA) is 100 Å². The van der Waals surface area contributed by atoms with Crippen LogP contribution in [0.2, 0.25) is 0 Å². The van der Waals surface area contributed by atoms with Gasteiger partial charge in [-0.2, -0.15) is 5.10 Å². The lowest BCUT2D eigenvalue weighted by molar-refractivity contribution is -0.255. The summed E-state index contributed by atoms with van der Waals surface area (Å²) in [4.78, 5) is 23.3. The molecule has 24 heavy (non-hydrogen) atoms. The van der Waals surface area contributed by atoms with Gasteiger partial charge in [-0.3, -0.25) is 4.79 Å². The van der Waals surface area contributed by atoms with Crippen LogP contribution in [0.25, 0.3) is 0 Å². The van der Waals surface area contributed by atoms with Crippen LogP contribution in [-0.4, -0.2) is 32.3 Å². The third-order valence-electron chi connectivity index (χ3n) is 3.19. The quantitative estimate of drug-likeness (QED) is 0.626. The van der Waals surface area contributed by atoms with Crippen molar-refractivity contribution in [1.29, 1.82) is 0 Å². The van der Waals surface area contributed by atoms with Crippen molar-refractivity contribution in [3.05, 3.63) is 59.2 Å². The number of ether oxygens (including phenoxy) is 2. The summed E-state index contributed by atoms with van der Waals surface area (Å²) >= 11 is 0. The molecule has 1 amide bonds. The number of aromatic carboxylic acids is 1. The number of carbonyl (C=O) groups excluding carboxylic acids is 2. The largest absolute Gasteiger partial charge is 0.545 e. The number of carboxylic acids is 1. The highest BCUT2D eigenvalue weighted by Crippen LogP contribution is 2.32. The molecule has 0 spiro atoms. The Labute approximate surface area is 138 Å². The van der Waals surface area contributed by atoms with E-state index in [0.717, 1.165) is 0 Å². The molecule has 0 unspecified atom stereocenters. The first kappa shape index (κ1) is 17.0. The molecule has 0 aromatic heterocycles. The van der Waals surface area contributed by atoms with Gasteiger partial charge in [-0.1, -0.05) is 18.2 Å². The number of nitrogens with one attached hydrogen (secondary N) is 1. The fraction of sp³-hybridized carbons (Fsp3) is 0.118. The molecule has 0 aliphatic rings. The van der Waals surface area contributed by atoms with Gasteiger partial charge in [0.2, 0.25) is 0 Å². The Hall–Kier alpha value is -3.35. The average molecular weight is 327 g/mol. The van der Waals surface area contributed by atoms with Crippen molar-refractivity contribution in [2.45, 2.75) is 0 Å². The molecule has 0 saturated carbocycles. The maximum Gasteiger partial charge on any atom is 0.271 e. The highest BCUT2D eigenvalue weighted by molar-refractivity contribution is 6.01. The predicted octanol–water partition coefficient (Wildman–Crippen LogP) is 0.831. The van der Waals surface area contributed by atoms with Crippen molar-refractivity contribution in [3.8, 4) is 11.5 Å². The molecule has 2 aromatic carbocycles. The first-order valence-corrected chi connectivity index (χ1v) is 6.93. The van der Waals surface area contributed by atoms with Gasteiger partial charge in [-0.05, 0) is 24.3 Å². The van der Waals surface area contributed by atoms with E-state index in [9.17, 15) is 14.7 Å². The molecule has 0 fully saturated rings. The minimum atomic E-state index is -1.44. The van der Waals surface area contributed by atoms with Gasteiger partial charge in [0.15, 0.2) is 11.5 Å². The number of nitrogens with zero attached hydrogens (tertiary/aromatic N) is 1. The minimum absolute atomic E-state index is 0.0239. The maximum atomic E-state index is 11.9. The summed E-state index contributed by atoms with van der Waals surface area (Å²) in [5.41, 5.74) is 2.75. The molecule has 1 N–H and O–H groups in total. The van der Waals surface area contributed by atoms with E-state index in [0.29, 0.717) is 5.56 Å². The summed E-state index contributed by atoms with van der Waals surface area (Å²) in [6.45, 7) is 0. The summed E-state index contributed by atoms with van der Waals surface area (Å²) in [5.74, 6) is -1.58. The van der Waals surface area contributed by atoms with Crippen molar-refractivity contribution in [2.75, 3.05) is 14.2 Å². The van der Waals surface area contributed by atoms with Crippen LogP contribution in [0.4, 0.5) is 0 Å². The second-order valence-electron chi connectivity index (χ2n) is 4.62. The molecule has 7 nitrogen and oxygen atoms in total. The van der Waals surface area contributed by atoms with Gasteiger partial charge in [-0.15, -0.1) is 0 Å². The molecule has 7 heteroatoms. The van der Waals surface area contributed by atoms with E-state index < -0.39 is 11.9 Å². The Morgan fingerprint density at radius 2 is 1.79 bits per heavy atom. The molecule has 0 heterocycles. The molecule has 2 aromatic rings. The fourth-order valence-electron chi connectivity index (χ4n) is 2.07. The van der Waals surface area contributed by atoms with Crippen molar-refractivity contribution < 1.29 is 24.2 Å². The van der Waals surface area contributed by atoms with Gasteiger partial charge in [0, 0.05) is 11.1 Å². The van der Waals surface area contributed by atoms with Gasteiger partial charge >= 0.3 is 0 Å². The van der Waals surface area contributed by atoms with E-state index in [1.807, 2.05) is 0 Å². The molecular weight excluding hydrogens is 312 g/mol. The number of hydrazone groups is 1. The molecule has 0 aliphatic carbocycles. The fourth-order valence-corrected chi connectivity index (χ4v) is 2.07. The van der Waals surface area contributed by atoms with Crippen LogP contribution < -0.4 is 20.0 Å². The monoisotopic (exact) mass is 327 g/mol. The maximum absolute atomic E-state index is 11.9. The molecule has 0 bridgehead atoms. The van der Waals surface area contributed by atoms with Crippen LogP contribution in [0.3, 0.4) is 0 Å². The number of hydrogen-bond donors (Lipinski definition) is 1. The number of methoxy groups -OCH3 is 2. The van der Waals surface area contributed by atoms with Crippen molar-refractivity contribution in [3.63, 3.8) is 0 Å². The number of benzene rings is 2. The Morgan fingerprint density at radius 3 is 2.38 bits per heavy atom. The summed E-state index contributed by atoms with van der Waals surface area (Å²) in [6, 6.07) is 11.5. The van der Waals surface area contributed by atoms with Gasteiger partial charge in [0.1, 0.15) is 0 Å². The third-order valence-corrected chi connectivity index (χ3v) is 3.19. The van der Waals surface area contributed by atoms with Gasteiger partial charge < -0.3 is 19.4 Å². The van der Waals surface area contributed by atoms with E-state index in [-0.39, 0.29) is 22.6 Å². The third kappa shape index (κ3) is 3.70. The molecule has 0 atom stereocenters. The lowest BCUT2D eigenvalue weighted by Crippen LogP contribution is -2.25. The SMILES string of the molecule is COc1ccc(/C=N\NC(=O)c2ccccc2)c(C(=O)[O-])c1OC. The van der Waals surface area contributed by atoms with Crippen molar-refractivity contribution in [1.82, 2.24) is 5.43 Å². The first-order chi connectivity index (χ1) is 11.6. The zero-order chi connectivity index (χ0) is 17.5. The molecule has 0 radical (unpaired) electrons. The van der Waals surface area contributed by atoms with Crippen molar-refractivity contribution >= 4 is 18.1 Å².